The van der Waals surface area contributed by atoms with E-state index < -0.39 is 0 Å². The van der Waals surface area contributed by atoms with Gasteiger partial charge in [0.2, 0.25) is 0 Å². The van der Waals surface area contributed by atoms with E-state index in [1.165, 1.54) is 38.5 Å². The highest BCUT2D eigenvalue weighted by molar-refractivity contribution is 4.98. The molecule has 1 saturated heterocycles. The lowest BCUT2D eigenvalue weighted by molar-refractivity contribution is -0.0442. The normalized spacial score (nSPS) is 31.0. The monoisotopic (exact) mass is 317 g/mol. The average Bonchev–Trinajstić information content (AvgIpc) is 2.55. The van der Waals surface area contributed by atoms with Crippen molar-refractivity contribution in [1.29, 1.82) is 0 Å². The molecular weight excluding hydrogens is 286 g/mol. The zero-order valence-electron chi connectivity index (χ0n) is 14.6. The fourth-order valence-electron chi connectivity index (χ4n) is 4.32. The molecule has 1 aromatic heterocycles. The molecule has 128 valence electrons. The van der Waals surface area contributed by atoms with Gasteiger partial charge in [0.05, 0.1) is 18.2 Å². The molecule has 0 radical (unpaired) electrons. The summed E-state index contributed by atoms with van der Waals surface area (Å²) in [5.74, 6) is 1.78. The lowest BCUT2D eigenvalue weighted by atomic mass is 9.84. The Morgan fingerprint density at radius 1 is 1.09 bits per heavy atom. The molecule has 4 heteroatoms. The molecule has 0 bridgehead atoms. The van der Waals surface area contributed by atoms with E-state index in [-0.39, 0.29) is 6.04 Å². The van der Waals surface area contributed by atoms with Crippen LogP contribution < -0.4 is 5.32 Å². The van der Waals surface area contributed by atoms with Crippen molar-refractivity contribution in [2.45, 2.75) is 89.5 Å². The van der Waals surface area contributed by atoms with E-state index in [1.54, 1.807) is 0 Å². The molecule has 4 nitrogen and oxygen atoms in total. The summed E-state index contributed by atoms with van der Waals surface area (Å²) in [4.78, 5) is 9.09. The van der Waals surface area contributed by atoms with Gasteiger partial charge in [0.15, 0.2) is 0 Å². The number of hydrogen-bond donors (Lipinski definition) is 1. The van der Waals surface area contributed by atoms with Gasteiger partial charge in [0.25, 0.3) is 0 Å². The van der Waals surface area contributed by atoms with Crippen LogP contribution in [0.1, 0.15) is 77.1 Å². The largest absolute Gasteiger partial charge is 0.375 e. The predicted octanol–water partition coefficient (Wildman–Crippen LogP) is 4.03. The molecule has 1 aliphatic carbocycles. The fourth-order valence-corrected chi connectivity index (χ4v) is 4.32. The molecule has 1 aliphatic heterocycles. The minimum atomic E-state index is 0.279. The Bertz CT molecular complexity index is 451. The third kappa shape index (κ3) is 4.98. The Morgan fingerprint density at radius 3 is 2.39 bits per heavy atom. The van der Waals surface area contributed by atoms with Crippen LogP contribution >= 0.6 is 0 Å². The Balaban J connectivity index is 1.67. The maximum absolute atomic E-state index is 5.88. The van der Waals surface area contributed by atoms with Crippen molar-refractivity contribution in [2.24, 2.45) is 5.92 Å². The second-order valence-corrected chi connectivity index (χ2v) is 7.49. The van der Waals surface area contributed by atoms with Crippen LogP contribution in [-0.4, -0.2) is 28.2 Å². The van der Waals surface area contributed by atoms with Gasteiger partial charge in [-0.15, -0.1) is 0 Å². The lowest BCUT2D eigenvalue weighted by Crippen LogP contribution is -2.43. The molecule has 2 fully saturated rings. The van der Waals surface area contributed by atoms with Gasteiger partial charge >= 0.3 is 0 Å². The van der Waals surface area contributed by atoms with Crippen LogP contribution in [0.15, 0.2) is 18.5 Å². The highest BCUT2D eigenvalue weighted by Crippen LogP contribution is 2.32. The van der Waals surface area contributed by atoms with E-state index in [0.717, 1.165) is 24.6 Å². The van der Waals surface area contributed by atoms with Crippen molar-refractivity contribution in [3.05, 3.63) is 24.3 Å². The van der Waals surface area contributed by atoms with Crippen molar-refractivity contribution < 1.29 is 4.74 Å². The minimum absolute atomic E-state index is 0.279. The van der Waals surface area contributed by atoms with E-state index >= 15 is 0 Å². The molecule has 3 atom stereocenters. The van der Waals surface area contributed by atoms with Gasteiger partial charge in [-0.25, -0.2) is 9.97 Å². The SMILES string of the molecule is C[C@@H]1CC(N[C@H](CC2CCCCC2)c2ncccn2)C[C@@H](C)O1. The molecule has 1 saturated carbocycles. The number of rotatable bonds is 5. The lowest BCUT2D eigenvalue weighted by Gasteiger charge is -2.36. The Labute approximate surface area is 140 Å². The number of nitrogens with zero attached hydrogens (tertiary/aromatic N) is 2. The van der Waals surface area contributed by atoms with Gasteiger partial charge < -0.3 is 10.1 Å². The van der Waals surface area contributed by atoms with Crippen molar-refractivity contribution >= 4 is 0 Å². The first kappa shape index (κ1) is 16.8. The van der Waals surface area contributed by atoms with Crippen molar-refractivity contribution in [2.75, 3.05) is 0 Å². The van der Waals surface area contributed by atoms with Gasteiger partial charge in [-0.1, -0.05) is 32.1 Å². The predicted molar refractivity (Wildman–Crippen MR) is 92.1 cm³/mol. The fraction of sp³-hybridized carbons (Fsp3) is 0.789. The zero-order valence-corrected chi connectivity index (χ0v) is 14.6. The second kappa shape index (κ2) is 8.20. The van der Waals surface area contributed by atoms with Crippen LogP contribution in [0.4, 0.5) is 0 Å². The smallest absolute Gasteiger partial charge is 0.145 e. The van der Waals surface area contributed by atoms with Crippen LogP contribution in [0.5, 0.6) is 0 Å². The summed E-state index contributed by atoms with van der Waals surface area (Å²) in [6, 6.07) is 2.69. The molecule has 0 unspecified atom stereocenters. The van der Waals surface area contributed by atoms with E-state index in [1.807, 2.05) is 18.5 Å². The van der Waals surface area contributed by atoms with Gasteiger partial charge in [-0.2, -0.15) is 0 Å². The van der Waals surface area contributed by atoms with Gasteiger partial charge in [0, 0.05) is 18.4 Å². The summed E-state index contributed by atoms with van der Waals surface area (Å²) in [6.45, 7) is 4.36. The second-order valence-electron chi connectivity index (χ2n) is 7.49. The quantitative estimate of drug-likeness (QED) is 0.890. The summed E-state index contributed by atoms with van der Waals surface area (Å²) >= 11 is 0. The highest BCUT2D eigenvalue weighted by Gasteiger charge is 2.29. The molecule has 2 aliphatic rings. The number of aromatic nitrogens is 2. The van der Waals surface area contributed by atoms with Crippen molar-refractivity contribution in [3.8, 4) is 0 Å². The molecule has 0 aromatic carbocycles. The summed E-state index contributed by atoms with van der Waals surface area (Å²) in [6.07, 6.45) is 14.7. The van der Waals surface area contributed by atoms with Gasteiger partial charge in [0.1, 0.15) is 5.82 Å². The molecule has 3 rings (SSSR count). The van der Waals surface area contributed by atoms with Crippen LogP contribution in [-0.2, 0) is 4.74 Å². The summed E-state index contributed by atoms with van der Waals surface area (Å²) in [5, 5.41) is 3.88. The zero-order chi connectivity index (χ0) is 16.1. The third-order valence-corrected chi connectivity index (χ3v) is 5.33. The van der Waals surface area contributed by atoms with Crippen LogP contribution in [0.2, 0.25) is 0 Å². The minimum Gasteiger partial charge on any atom is -0.375 e. The Kier molecular flexibility index (Phi) is 6.01. The van der Waals surface area contributed by atoms with E-state index in [2.05, 4.69) is 29.1 Å². The summed E-state index contributed by atoms with van der Waals surface area (Å²) in [7, 11) is 0. The van der Waals surface area contributed by atoms with Gasteiger partial charge in [-0.05, 0) is 45.1 Å². The van der Waals surface area contributed by atoms with E-state index in [0.29, 0.717) is 18.2 Å². The van der Waals surface area contributed by atoms with Gasteiger partial charge in [-0.3, -0.25) is 0 Å². The number of ether oxygens (including phenoxy) is 1. The summed E-state index contributed by atoms with van der Waals surface area (Å²) in [5.41, 5.74) is 0. The first-order valence-corrected chi connectivity index (χ1v) is 9.39. The van der Waals surface area contributed by atoms with E-state index in [9.17, 15) is 0 Å². The topological polar surface area (TPSA) is 47.0 Å². The first-order chi connectivity index (χ1) is 11.2. The Morgan fingerprint density at radius 2 is 1.74 bits per heavy atom. The maximum Gasteiger partial charge on any atom is 0.145 e. The molecule has 0 amide bonds. The van der Waals surface area contributed by atoms with Crippen LogP contribution in [0, 0.1) is 5.92 Å². The van der Waals surface area contributed by atoms with Crippen molar-refractivity contribution in [3.63, 3.8) is 0 Å². The number of hydrogen-bond acceptors (Lipinski definition) is 4. The molecule has 1 aromatic rings. The van der Waals surface area contributed by atoms with Crippen LogP contribution in [0.3, 0.4) is 0 Å². The molecule has 1 N–H and O–H groups in total. The average molecular weight is 317 g/mol. The Hall–Kier alpha value is -1.00. The number of nitrogens with one attached hydrogen (secondary N) is 1. The van der Waals surface area contributed by atoms with Crippen molar-refractivity contribution in [1.82, 2.24) is 15.3 Å². The first-order valence-electron chi connectivity index (χ1n) is 9.39. The molecule has 23 heavy (non-hydrogen) atoms. The third-order valence-electron chi connectivity index (χ3n) is 5.33. The highest BCUT2D eigenvalue weighted by atomic mass is 16.5. The van der Waals surface area contributed by atoms with E-state index in [4.69, 9.17) is 4.74 Å². The maximum atomic E-state index is 5.88. The van der Waals surface area contributed by atoms with Crippen LogP contribution in [0.25, 0.3) is 0 Å². The molecule has 0 spiro atoms. The molecular formula is C19H31N3O. The summed E-state index contributed by atoms with van der Waals surface area (Å²) < 4.78 is 5.88. The standard InChI is InChI=1S/C19H31N3O/c1-14-11-17(12-15(2)23-14)22-18(19-20-9-6-10-21-19)13-16-7-4-3-5-8-16/h6,9-10,14-18,22H,3-5,7-8,11-13H2,1-2H3/t14-,15-,18-/m1/s1. The molecule has 2 heterocycles.